The summed E-state index contributed by atoms with van der Waals surface area (Å²) >= 11 is 6.20. The summed E-state index contributed by atoms with van der Waals surface area (Å²) in [7, 11) is 2.80. The number of carboxylic acids is 1. The smallest absolute Gasteiger partial charge is 0.314 e. The minimum atomic E-state index is -1.06. The highest BCUT2D eigenvalue weighted by atomic mass is 35.5. The zero-order valence-corrected chi connectivity index (χ0v) is 12.0. The molecule has 5 nitrogen and oxygen atoms in total. The molecule has 1 fully saturated rings. The maximum atomic E-state index is 11.7. The third-order valence-electron chi connectivity index (χ3n) is 3.85. The van der Waals surface area contributed by atoms with Crippen LogP contribution in [0.1, 0.15) is 35.2 Å². The Hall–Kier alpha value is -1.75. The second-order valence-electron chi connectivity index (χ2n) is 4.75. The van der Waals surface area contributed by atoms with Crippen molar-refractivity contribution in [2.24, 2.45) is 0 Å². The lowest BCUT2D eigenvalue weighted by Crippen LogP contribution is -2.43. The van der Waals surface area contributed by atoms with Crippen LogP contribution in [0.4, 0.5) is 0 Å². The number of hydrogen-bond donors (Lipinski definition) is 1. The van der Waals surface area contributed by atoms with Crippen molar-refractivity contribution in [2.45, 2.75) is 24.7 Å². The summed E-state index contributed by atoms with van der Waals surface area (Å²) in [4.78, 5) is 22.7. The Morgan fingerprint density at radius 1 is 1.35 bits per heavy atom. The van der Waals surface area contributed by atoms with Crippen LogP contribution >= 0.6 is 11.6 Å². The number of carbonyl (C=O) groups is 2. The molecule has 0 aliphatic heterocycles. The Balaban J connectivity index is 2.75. The fraction of sp³-hybridized carbons (Fsp3) is 0.429. The Morgan fingerprint density at radius 2 is 1.95 bits per heavy atom. The fourth-order valence-corrected chi connectivity index (χ4v) is 3.05. The van der Waals surface area contributed by atoms with E-state index < -0.39 is 11.4 Å². The van der Waals surface area contributed by atoms with Crippen LogP contribution in [0.2, 0.25) is 5.02 Å². The highest BCUT2D eigenvalue weighted by Gasteiger charge is 2.50. The number of rotatable bonds is 5. The lowest BCUT2D eigenvalue weighted by Gasteiger charge is -2.39. The van der Waals surface area contributed by atoms with Crippen molar-refractivity contribution in [1.82, 2.24) is 0 Å². The third kappa shape index (κ3) is 1.93. The topological polar surface area (TPSA) is 72.8 Å². The van der Waals surface area contributed by atoms with Crippen LogP contribution in [-0.2, 0) is 10.2 Å². The van der Waals surface area contributed by atoms with E-state index in [1.54, 1.807) is 0 Å². The molecule has 2 rings (SSSR count). The molecule has 0 radical (unpaired) electrons. The molecule has 1 aliphatic carbocycles. The van der Waals surface area contributed by atoms with Gasteiger partial charge in [-0.1, -0.05) is 18.0 Å². The molecule has 20 heavy (non-hydrogen) atoms. The van der Waals surface area contributed by atoms with Gasteiger partial charge in [0.25, 0.3) is 0 Å². The maximum absolute atomic E-state index is 11.7. The molecule has 0 aromatic heterocycles. The standard InChI is InChI=1S/C14H15ClO5/c1-19-11-8(7-16)6-9(15)10(12(11)20-2)14(13(17)18)4-3-5-14/h6-7H,3-5H2,1-2H3,(H,17,18). The van der Waals surface area contributed by atoms with Gasteiger partial charge in [0.15, 0.2) is 17.8 Å². The number of halogens is 1. The van der Waals surface area contributed by atoms with Gasteiger partial charge in [-0.2, -0.15) is 0 Å². The van der Waals surface area contributed by atoms with E-state index in [0.717, 1.165) is 6.42 Å². The number of benzene rings is 1. The van der Waals surface area contributed by atoms with E-state index in [-0.39, 0.29) is 22.1 Å². The third-order valence-corrected chi connectivity index (χ3v) is 4.14. The molecule has 0 amide bonds. The molecule has 0 atom stereocenters. The van der Waals surface area contributed by atoms with Crippen LogP contribution in [0.5, 0.6) is 11.5 Å². The Kier molecular flexibility index (Phi) is 3.90. The molecule has 0 saturated heterocycles. The summed E-state index contributed by atoms with van der Waals surface area (Å²) in [6, 6.07) is 1.42. The molecule has 1 aromatic rings. The van der Waals surface area contributed by atoms with Gasteiger partial charge < -0.3 is 14.6 Å². The van der Waals surface area contributed by atoms with Crippen LogP contribution in [0.25, 0.3) is 0 Å². The second kappa shape index (κ2) is 5.32. The van der Waals surface area contributed by atoms with Crippen molar-refractivity contribution in [2.75, 3.05) is 14.2 Å². The lowest BCUT2D eigenvalue weighted by molar-refractivity contribution is -0.147. The number of carbonyl (C=O) groups excluding carboxylic acids is 1. The van der Waals surface area contributed by atoms with E-state index in [4.69, 9.17) is 21.1 Å². The highest BCUT2D eigenvalue weighted by molar-refractivity contribution is 6.32. The number of methoxy groups -OCH3 is 2. The summed E-state index contributed by atoms with van der Waals surface area (Å²) < 4.78 is 10.5. The van der Waals surface area contributed by atoms with E-state index in [1.807, 2.05) is 0 Å². The number of aliphatic carboxylic acids is 1. The van der Waals surface area contributed by atoms with Gasteiger partial charge in [-0.25, -0.2) is 0 Å². The van der Waals surface area contributed by atoms with Crippen LogP contribution in [0.3, 0.4) is 0 Å². The van der Waals surface area contributed by atoms with Crippen LogP contribution in [0.15, 0.2) is 6.07 Å². The quantitative estimate of drug-likeness (QED) is 0.846. The minimum absolute atomic E-state index is 0.215. The predicted octanol–water partition coefficient (Wildman–Crippen LogP) is 2.68. The zero-order chi connectivity index (χ0) is 14.9. The number of aldehydes is 1. The Bertz CT molecular complexity index is 563. The largest absolute Gasteiger partial charge is 0.492 e. The Morgan fingerprint density at radius 3 is 2.30 bits per heavy atom. The average molecular weight is 299 g/mol. The molecular formula is C14H15ClO5. The van der Waals surface area contributed by atoms with Gasteiger partial charge >= 0.3 is 5.97 Å². The number of ether oxygens (including phenoxy) is 2. The van der Waals surface area contributed by atoms with E-state index in [2.05, 4.69) is 0 Å². The fourth-order valence-electron chi connectivity index (χ4n) is 2.67. The molecular weight excluding hydrogens is 284 g/mol. The van der Waals surface area contributed by atoms with E-state index in [0.29, 0.717) is 24.7 Å². The van der Waals surface area contributed by atoms with Crippen LogP contribution in [-0.4, -0.2) is 31.6 Å². The van der Waals surface area contributed by atoms with Crippen LogP contribution in [0, 0.1) is 0 Å². The van der Waals surface area contributed by atoms with E-state index in [9.17, 15) is 14.7 Å². The SMILES string of the molecule is COc1c(C=O)cc(Cl)c(C2(C(=O)O)CCC2)c1OC. The summed E-state index contributed by atoms with van der Waals surface area (Å²) in [5.74, 6) is -0.497. The maximum Gasteiger partial charge on any atom is 0.314 e. The lowest BCUT2D eigenvalue weighted by atomic mass is 9.64. The second-order valence-corrected chi connectivity index (χ2v) is 5.15. The number of carboxylic acid groups (broad SMARTS) is 1. The number of hydrogen-bond acceptors (Lipinski definition) is 4. The minimum Gasteiger partial charge on any atom is -0.492 e. The first-order chi connectivity index (χ1) is 9.51. The molecule has 0 spiro atoms. The zero-order valence-electron chi connectivity index (χ0n) is 11.2. The molecule has 0 bridgehead atoms. The monoisotopic (exact) mass is 298 g/mol. The van der Waals surface area contributed by atoms with Gasteiger partial charge in [0.1, 0.15) is 0 Å². The van der Waals surface area contributed by atoms with Crippen molar-refractivity contribution in [1.29, 1.82) is 0 Å². The van der Waals surface area contributed by atoms with Crippen molar-refractivity contribution in [3.8, 4) is 11.5 Å². The van der Waals surface area contributed by atoms with Crippen LogP contribution < -0.4 is 9.47 Å². The normalized spacial score (nSPS) is 16.1. The summed E-state index contributed by atoms with van der Waals surface area (Å²) in [5.41, 5.74) is -0.433. The van der Waals surface area contributed by atoms with Gasteiger partial charge in [-0.05, 0) is 18.9 Å². The molecule has 1 saturated carbocycles. The van der Waals surface area contributed by atoms with Gasteiger partial charge in [-0.3, -0.25) is 9.59 Å². The summed E-state index contributed by atoms with van der Waals surface area (Å²) in [6.07, 6.45) is 2.39. The van der Waals surface area contributed by atoms with Gasteiger partial charge in [0.2, 0.25) is 0 Å². The molecule has 0 unspecified atom stereocenters. The predicted molar refractivity (Wildman–Crippen MR) is 73.1 cm³/mol. The van der Waals surface area contributed by atoms with Gasteiger partial charge in [0.05, 0.1) is 25.2 Å². The summed E-state index contributed by atoms with van der Waals surface area (Å²) in [6.45, 7) is 0. The van der Waals surface area contributed by atoms with Crippen molar-refractivity contribution >= 4 is 23.9 Å². The molecule has 0 heterocycles. The van der Waals surface area contributed by atoms with Gasteiger partial charge in [-0.15, -0.1) is 0 Å². The van der Waals surface area contributed by atoms with Crippen molar-refractivity contribution < 1.29 is 24.2 Å². The highest BCUT2D eigenvalue weighted by Crippen LogP contribution is 2.53. The average Bonchev–Trinajstić information content (AvgIpc) is 2.37. The molecule has 6 heteroatoms. The first-order valence-corrected chi connectivity index (χ1v) is 6.53. The van der Waals surface area contributed by atoms with E-state index >= 15 is 0 Å². The van der Waals surface area contributed by atoms with E-state index in [1.165, 1.54) is 20.3 Å². The molecule has 1 aromatic carbocycles. The van der Waals surface area contributed by atoms with Crippen molar-refractivity contribution in [3.05, 3.63) is 22.2 Å². The van der Waals surface area contributed by atoms with Crippen molar-refractivity contribution in [3.63, 3.8) is 0 Å². The molecule has 108 valence electrons. The first kappa shape index (κ1) is 14.7. The Labute approximate surface area is 121 Å². The molecule has 1 N–H and O–H groups in total. The van der Waals surface area contributed by atoms with Gasteiger partial charge in [0, 0.05) is 10.6 Å². The summed E-state index contributed by atoms with van der Waals surface area (Å²) in [5, 5.41) is 9.76. The first-order valence-electron chi connectivity index (χ1n) is 6.15. The molecule has 1 aliphatic rings.